The summed E-state index contributed by atoms with van der Waals surface area (Å²) in [7, 11) is -2.57. The predicted molar refractivity (Wildman–Crippen MR) is 74.3 cm³/mol. The average Bonchev–Trinajstić information content (AvgIpc) is 2.37. The molecule has 0 saturated carbocycles. The summed E-state index contributed by atoms with van der Waals surface area (Å²) in [4.78, 5) is 9.88. The monoisotopic (exact) mass is 302 g/mol. The number of nitrogens with one attached hydrogen (secondary N) is 1. The SMILES string of the molecule is COc1ccc([N+](=O)[O-])cc1S(=O)(=O)NC(C)C(C)C. The topological polar surface area (TPSA) is 98.5 Å². The zero-order chi connectivity index (χ0) is 15.5. The van der Waals surface area contributed by atoms with Gasteiger partial charge in [-0.25, -0.2) is 13.1 Å². The molecule has 0 aliphatic heterocycles. The van der Waals surface area contributed by atoms with Gasteiger partial charge in [0.15, 0.2) is 0 Å². The van der Waals surface area contributed by atoms with Gasteiger partial charge >= 0.3 is 0 Å². The first-order valence-corrected chi connectivity index (χ1v) is 7.52. The van der Waals surface area contributed by atoms with Crippen molar-refractivity contribution in [3.8, 4) is 5.75 Å². The highest BCUT2D eigenvalue weighted by Gasteiger charge is 2.25. The van der Waals surface area contributed by atoms with E-state index >= 15 is 0 Å². The van der Waals surface area contributed by atoms with E-state index in [1.807, 2.05) is 13.8 Å². The lowest BCUT2D eigenvalue weighted by Gasteiger charge is -2.18. The van der Waals surface area contributed by atoms with Gasteiger partial charge in [0.25, 0.3) is 5.69 Å². The Morgan fingerprint density at radius 2 is 1.90 bits per heavy atom. The van der Waals surface area contributed by atoms with Gasteiger partial charge in [-0.1, -0.05) is 13.8 Å². The standard InChI is InChI=1S/C12H18N2O5S/c1-8(2)9(3)13-20(17,18)12-7-10(14(15)16)5-6-11(12)19-4/h5-9,13H,1-4H3. The van der Waals surface area contributed by atoms with E-state index in [1.165, 1.54) is 19.2 Å². The molecular formula is C12H18N2O5S. The Kier molecular flexibility index (Phi) is 5.07. The smallest absolute Gasteiger partial charge is 0.271 e. The van der Waals surface area contributed by atoms with Gasteiger partial charge in [-0.3, -0.25) is 10.1 Å². The van der Waals surface area contributed by atoms with Gasteiger partial charge in [0, 0.05) is 18.2 Å². The minimum Gasteiger partial charge on any atom is -0.495 e. The minimum absolute atomic E-state index is 0.0686. The summed E-state index contributed by atoms with van der Waals surface area (Å²) in [6.45, 7) is 5.47. The molecule has 7 nitrogen and oxygen atoms in total. The molecule has 20 heavy (non-hydrogen) atoms. The van der Waals surface area contributed by atoms with E-state index in [4.69, 9.17) is 4.74 Å². The van der Waals surface area contributed by atoms with Crippen LogP contribution >= 0.6 is 0 Å². The second-order valence-corrected chi connectivity index (χ2v) is 6.43. The molecule has 1 unspecified atom stereocenters. The number of ether oxygens (including phenoxy) is 1. The fourth-order valence-corrected chi connectivity index (χ4v) is 3.01. The second-order valence-electron chi connectivity index (χ2n) is 4.75. The van der Waals surface area contributed by atoms with E-state index in [-0.39, 0.29) is 28.3 Å². The molecule has 1 rings (SSSR count). The van der Waals surface area contributed by atoms with Crippen molar-refractivity contribution >= 4 is 15.7 Å². The normalized spacial score (nSPS) is 13.2. The highest BCUT2D eigenvalue weighted by molar-refractivity contribution is 7.89. The molecule has 0 aliphatic rings. The van der Waals surface area contributed by atoms with Crippen molar-refractivity contribution in [3.63, 3.8) is 0 Å². The van der Waals surface area contributed by atoms with Gasteiger partial charge in [0.05, 0.1) is 12.0 Å². The zero-order valence-electron chi connectivity index (χ0n) is 11.8. The van der Waals surface area contributed by atoms with Crippen LogP contribution in [-0.2, 0) is 10.0 Å². The lowest BCUT2D eigenvalue weighted by molar-refractivity contribution is -0.385. The summed E-state index contributed by atoms with van der Waals surface area (Å²) in [6.07, 6.45) is 0. The van der Waals surface area contributed by atoms with Crippen LogP contribution in [0.3, 0.4) is 0 Å². The Labute approximate surface area is 118 Å². The number of nitrogens with zero attached hydrogens (tertiary/aromatic N) is 1. The fourth-order valence-electron chi connectivity index (χ4n) is 1.43. The highest BCUT2D eigenvalue weighted by atomic mass is 32.2. The molecule has 0 aliphatic carbocycles. The lowest BCUT2D eigenvalue weighted by Crippen LogP contribution is -2.36. The van der Waals surface area contributed by atoms with E-state index in [0.717, 1.165) is 6.07 Å². The van der Waals surface area contributed by atoms with Crippen molar-refractivity contribution in [1.29, 1.82) is 0 Å². The van der Waals surface area contributed by atoms with E-state index < -0.39 is 14.9 Å². The number of non-ortho nitro benzene ring substituents is 1. The Balaban J connectivity index is 3.28. The first-order valence-electron chi connectivity index (χ1n) is 6.03. The summed E-state index contributed by atoms with van der Waals surface area (Å²) in [5.41, 5.74) is -0.302. The molecule has 8 heteroatoms. The maximum absolute atomic E-state index is 12.3. The molecule has 1 atom stereocenters. The van der Waals surface area contributed by atoms with E-state index in [1.54, 1.807) is 6.92 Å². The van der Waals surface area contributed by atoms with Crippen molar-refractivity contribution in [2.45, 2.75) is 31.7 Å². The van der Waals surface area contributed by atoms with Crippen LogP contribution in [0.4, 0.5) is 5.69 Å². The number of rotatable bonds is 6. The predicted octanol–water partition coefficient (Wildman–Crippen LogP) is 1.93. The van der Waals surface area contributed by atoms with Gasteiger partial charge in [-0.2, -0.15) is 0 Å². The number of nitro groups is 1. The third-order valence-electron chi connectivity index (χ3n) is 2.99. The second kappa shape index (κ2) is 6.19. The summed E-state index contributed by atoms with van der Waals surface area (Å²) in [6, 6.07) is 3.16. The molecule has 0 saturated heterocycles. The van der Waals surface area contributed by atoms with Crippen molar-refractivity contribution < 1.29 is 18.1 Å². The van der Waals surface area contributed by atoms with Crippen LogP contribution in [0.15, 0.2) is 23.1 Å². The summed E-state index contributed by atoms with van der Waals surface area (Å²) in [5, 5.41) is 10.8. The third kappa shape index (κ3) is 3.67. The molecule has 0 bridgehead atoms. The Morgan fingerprint density at radius 3 is 2.35 bits per heavy atom. The van der Waals surface area contributed by atoms with Crippen LogP contribution in [0.5, 0.6) is 5.75 Å². The van der Waals surface area contributed by atoms with Gasteiger partial charge in [0.1, 0.15) is 10.6 Å². The maximum atomic E-state index is 12.3. The first kappa shape index (κ1) is 16.4. The minimum atomic E-state index is -3.88. The number of methoxy groups -OCH3 is 1. The van der Waals surface area contributed by atoms with Gasteiger partial charge in [-0.15, -0.1) is 0 Å². The molecule has 1 N–H and O–H groups in total. The van der Waals surface area contributed by atoms with Gasteiger partial charge < -0.3 is 4.74 Å². The van der Waals surface area contributed by atoms with Crippen LogP contribution in [-0.4, -0.2) is 26.5 Å². The number of benzene rings is 1. The van der Waals surface area contributed by atoms with E-state index in [0.29, 0.717) is 0 Å². The number of hydrogen-bond donors (Lipinski definition) is 1. The highest BCUT2D eigenvalue weighted by Crippen LogP contribution is 2.28. The number of hydrogen-bond acceptors (Lipinski definition) is 5. The zero-order valence-corrected chi connectivity index (χ0v) is 12.6. The molecule has 1 aromatic rings. The summed E-state index contributed by atoms with van der Waals surface area (Å²) < 4.78 is 32.0. The summed E-state index contributed by atoms with van der Waals surface area (Å²) in [5.74, 6) is 0.161. The molecule has 1 aromatic carbocycles. The van der Waals surface area contributed by atoms with E-state index in [2.05, 4.69) is 4.72 Å². The maximum Gasteiger partial charge on any atom is 0.271 e. The lowest BCUT2D eigenvalue weighted by atomic mass is 10.1. The molecule has 0 aromatic heterocycles. The fraction of sp³-hybridized carbons (Fsp3) is 0.500. The third-order valence-corrected chi connectivity index (χ3v) is 4.57. The molecule has 112 valence electrons. The molecule has 0 fully saturated rings. The quantitative estimate of drug-likeness (QED) is 0.639. The number of nitro benzene ring substituents is 1. The molecule has 0 heterocycles. The first-order chi connectivity index (χ1) is 9.19. The average molecular weight is 302 g/mol. The van der Waals surface area contributed by atoms with Gasteiger partial charge in [0.2, 0.25) is 10.0 Å². The Bertz CT molecular complexity index is 598. The van der Waals surface area contributed by atoms with Crippen molar-refractivity contribution in [3.05, 3.63) is 28.3 Å². The van der Waals surface area contributed by atoms with Crippen molar-refractivity contribution in [1.82, 2.24) is 4.72 Å². The van der Waals surface area contributed by atoms with E-state index in [9.17, 15) is 18.5 Å². The molecule has 0 radical (unpaired) electrons. The van der Waals surface area contributed by atoms with Crippen LogP contribution in [0.1, 0.15) is 20.8 Å². The summed E-state index contributed by atoms with van der Waals surface area (Å²) >= 11 is 0. The molecule has 0 spiro atoms. The van der Waals surface area contributed by atoms with Crippen LogP contribution in [0.25, 0.3) is 0 Å². The Morgan fingerprint density at radius 1 is 1.30 bits per heavy atom. The Hall–Kier alpha value is -1.67. The van der Waals surface area contributed by atoms with Crippen molar-refractivity contribution in [2.24, 2.45) is 5.92 Å². The van der Waals surface area contributed by atoms with Gasteiger partial charge in [-0.05, 0) is 18.9 Å². The van der Waals surface area contributed by atoms with Crippen LogP contribution in [0.2, 0.25) is 0 Å². The van der Waals surface area contributed by atoms with Crippen molar-refractivity contribution in [2.75, 3.05) is 7.11 Å². The largest absolute Gasteiger partial charge is 0.495 e. The number of sulfonamides is 1. The van der Waals surface area contributed by atoms with Crippen LogP contribution in [0, 0.1) is 16.0 Å². The molecule has 0 amide bonds. The van der Waals surface area contributed by atoms with Crippen LogP contribution < -0.4 is 9.46 Å². The molecular weight excluding hydrogens is 284 g/mol.